The zero-order valence-corrected chi connectivity index (χ0v) is 14.1. The molecule has 0 saturated heterocycles. The van der Waals surface area contributed by atoms with Gasteiger partial charge in [-0.2, -0.15) is 5.21 Å². The molecule has 0 saturated carbocycles. The minimum absolute atomic E-state index is 0.198. The topological polar surface area (TPSA) is 92.8 Å². The number of tetrazole rings is 1. The summed E-state index contributed by atoms with van der Waals surface area (Å²) in [7, 11) is 1.61. The number of anilines is 1. The van der Waals surface area contributed by atoms with Crippen LogP contribution in [-0.2, 0) is 11.2 Å². The standard InChI is InChI=1S/C18H19N5O2/c1-12-7-9-14(10-8-12)19-18(24)15(17-20-22-23-21-17)11-13-5-3-4-6-16(13)25-2/h3-10,15H,11H2,1-2H3,(H,19,24)(H,20,21,22,23)/t15-/m1/s1. The van der Waals surface area contributed by atoms with Crippen molar-refractivity contribution in [2.24, 2.45) is 0 Å². The van der Waals surface area contributed by atoms with E-state index in [0.29, 0.717) is 12.2 Å². The number of ether oxygens (including phenoxy) is 1. The molecule has 0 bridgehead atoms. The lowest BCUT2D eigenvalue weighted by atomic mass is 9.97. The van der Waals surface area contributed by atoms with Crippen molar-refractivity contribution < 1.29 is 9.53 Å². The molecule has 3 rings (SSSR count). The number of amides is 1. The number of methoxy groups -OCH3 is 1. The molecule has 2 N–H and O–H groups in total. The molecular weight excluding hydrogens is 318 g/mol. The third-order valence-corrected chi connectivity index (χ3v) is 3.93. The molecule has 0 aliphatic carbocycles. The molecule has 0 radical (unpaired) electrons. The van der Waals surface area contributed by atoms with E-state index < -0.39 is 5.92 Å². The summed E-state index contributed by atoms with van der Waals surface area (Å²) in [6.07, 6.45) is 0.404. The van der Waals surface area contributed by atoms with Gasteiger partial charge in [0.25, 0.3) is 0 Å². The van der Waals surface area contributed by atoms with E-state index in [1.165, 1.54) is 0 Å². The van der Waals surface area contributed by atoms with Crippen molar-refractivity contribution in [2.45, 2.75) is 19.3 Å². The lowest BCUT2D eigenvalue weighted by Crippen LogP contribution is -2.24. The van der Waals surface area contributed by atoms with Crippen LogP contribution in [0.2, 0.25) is 0 Å². The first kappa shape index (κ1) is 16.6. The number of H-pyrrole nitrogens is 1. The molecule has 7 nitrogen and oxygen atoms in total. The van der Waals surface area contributed by atoms with Gasteiger partial charge in [0.05, 0.1) is 7.11 Å². The number of aromatic amines is 1. The summed E-state index contributed by atoms with van der Waals surface area (Å²) in [5.41, 5.74) is 2.75. The maximum atomic E-state index is 12.8. The highest BCUT2D eigenvalue weighted by Crippen LogP contribution is 2.26. The molecule has 1 aromatic heterocycles. The van der Waals surface area contributed by atoms with Crippen LogP contribution in [-0.4, -0.2) is 33.6 Å². The molecule has 0 aliphatic rings. The molecule has 25 heavy (non-hydrogen) atoms. The summed E-state index contributed by atoms with van der Waals surface area (Å²) in [6, 6.07) is 15.2. The molecule has 2 aromatic carbocycles. The van der Waals surface area contributed by atoms with Gasteiger partial charge in [-0.15, -0.1) is 10.2 Å². The Hall–Kier alpha value is -3.22. The average Bonchev–Trinajstić information content (AvgIpc) is 3.16. The number of carbonyl (C=O) groups excluding carboxylic acids is 1. The zero-order chi connectivity index (χ0) is 17.6. The quantitative estimate of drug-likeness (QED) is 0.721. The van der Waals surface area contributed by atoms with E-state index in [1.807, 2.05) is 55.5 Å². The number of rotatable bonds is 6. The lowest BCUT2D eigenvalue weighted by Gasteiger charge is -2.15. The first-order valence-corrected chi connectivity index (χ1v) is 7.90. The summed E-state index contributed by atoms with van der Waals surface area (Å²) < 4.78 is 5.38. The van der Waals surface area contributed by atoms with Gasteiger partial charge in [-0.1, -0.05) is 41.1 Å². The molecule has 128 valence electrons. The molecule has 1 heterocycles. The summed E-state index contributed by atoms with van der Waals surface area (Å²) in [5.74, 6) is 0.280. The molecule has 1 amide bonds. The van der Waals surface area contributed by atoms with Gasteiger partial charge in [0.2, 0.25) is 5.91 Å². The predicted molar refractivity (Wildman–Crippen MR) is 93.4 cm³/mol. The normalized spacial score (nSPS) is 11.8. The summed E-state index contributed by atoms with van der Waals surface area (Å²) in [6.45, 7) is 2.00. The van der Waals surface area contributed by atoms with Gasteiger partial charge in [0.15, 0.2) is 5.82 Å². The fraction of sp³-hybridized carbons (Fsp3) is 0.222. The minimum Gasteiger partial charge on any atom is -0.496 e. The SMILES string of the molecule is COc1ccccc1C[C@@H](C(=O)Nc1ccc(C)cc1)c1nn[nH]n1. The van der Waals surface area contributed by atoms with Gasteiger partial charge < -0.3 is 10.1 Å². The number of para-hydroxylation sites is 1. The van der Waals surface area contributed by atoms with Crippen LogP contribution in [0.25, 0.3) is 0 Å². The molecule has 3 aromatic rings. The van der Waals surface area contributed by atoms with Crippen molar-refractivity contribution in [3.63, 3.8) is 0 Å². The monoisotopic (exact) mass is 337 g/mol. The average molecular weight is 337 g/mol. The van der Waals surface area contributed by atoms with Gasteiger partial charge in [0, 0.05) is 5.69 Å². The van der Waals surface area contributed by atoms with Crippen LogP contribution >= 0.6 is 0 Å². The van der Waals surface area contributed by atoms with Gasteiger partial charge in [0.1, 0.15) is 11.7 Å². The van der Waals surface area contributed by atoms with Crippen LogP contribution in [0.15, 0.2) is 48.5 Å². The van der Waals surface area contributed by atoms with Crippen molar-refractivity contribution >= 4 is 11.6 Å². The number of aromatic nitrogens is 4. The number of hydrogen-bond acceptors (Lipinski definition) is 5. The van der Waals surface area contributed by atoms with Crippen molar-refractivity contribution in [3.8, 4) is 5.75 Å². The van der Waals surface area contributed by atoms with Gasteiger partial charge in [-0.3, -0.25) is 4.79 Å². The number of benzene rings is 2. The number of aryl methyl sites for hydroxylation is 1. The number of nitrogens with zero attached hydrogens (tertiary/aromatic N) is 3. The first-order valence-electron chi connectivity index (χ1n) is 7.90. The summed E-state index contributed by atoms with van der Waals surface area (Å²) >= 11 is 0. The minimum atomic E-state index is -0.587. The highest BCUT2D eigenvalue weighted by Gasteiger charge is 2.26. The smallest absolute Gasteiger partial charge is 0.235 e. The fourth-order valence-electron chi connectivity index (χ4n) is 2.58. The molecular formula is C18H19N5O2. The fourth-order valence-corrected chi connectivity index (χ4v) is 2.58. The predicted octanol–water partition coefficient (Wildman–Crippen LogP) is 2.48. The Kier molecular flexibility index (Phi) is 5.03. The number of carbonyl (C=O) groups is 1. The first-order chi connectivity index (χ1) is 12.2. The van der Waals surface area contributed by atoms with Gasteiger partial charge in [-0.25, -0.2) is 0 Å². The zero-order valence-electron chi connectivity index (χ0n) is 14.1. The number of nitrogens with one attached hydrogen (secondary N) is 2. The Labute approximate surface area is 145 Å². The van der Waals surface area contributed by atoms with Crippen LogP contribution < -0.4 is 10.1 Å². The van der Waals surface area contributed by atoms with E-state index >= 15 is 0 Å². The third kappa shape index (κ3) is 4.00. The Bertz CT molecular complexity index is 831. The second-order valence-electron chi connectivity index (χ2n) is 5.69. The van der Waals surface area contributed by atoms with E-state index in [-0.39, 0.29) is 5.91 Å². The highest BCUT2D eigenvalue weighted by atomic mass is 16.5. The largest absolute Gasteiger partial charge is 0.496 e. The Morgan fingerprint density at radius 2 is 1.96 bits per heavy atom. The molecule has 0 unspecified atom stereocenters. The molecule has 0 spiro atoms. The van der Waals surface area contributed by atoms with Crippen molar-refractivity contribution in [3.05, 3.63) is 65.5 Å². The highest BCUT2D eigenvalue weighted by molar-refractivity contribution is 5.95. The molecule has 1 atom stereocenters. The maximum absolute atomic E-state index is 12.8. The van der Waals surface area contributed by atoms with Crippen LogP contribution in [0.4, 0.5) is 5.69 Å². The van der Waals surface area contributed by atoms with E-state index in [9.17, 15) is 4.79 Å². The second-order valence-corrected chi connectivity index (χ2v) is 5.69. The Morgan fingerprint density at radius 3 is 2.64 bits per heavy atom. The van der Waals surface area contributed by atoms with Gasteiger partial charge >= 0.3 is 0 Å². The van der Waals surface area contributed by atoms with E-state index in [2.05, 4.69) is 25.9 Å². The van der Waals surface area contributed by atoms with E-state index in [1.54, 1.807) is 7.11 Å². The van der Waals surface area contributed by atoms with Crippen molar-refractivity contribution in [1.29, 1.82) is 0 Å². The Morgan fingerprint density at radius 1 is 1.20 bits per heavy atom. The van der Waals surface area contributed by atoms with Crippen LogP contribution in [0.3, 0.4) is 0 Å². The van der Waals surface area contributed by atoms with E-state index in [0.717, 1.165) is 22.6 Å². The third-order valence-electron chi connectivity index (χ3n) is 3.93. The lowest BCUT2D eigenvalue weighted by molar-refractivity contribution is -0.117. The van der Waals surface area contributed by atoms with E-state index in [4.69, 9.17) is 4.74 Å². The number of hydrogen-bond donors (Lipinski definition) is 2. The maximum Gasteiger partial charge on any atom is 0.235 e. The second kappa shape index (κ2) is 7.57. The molecule has 0 aliphatic heterocycles. The van der Waals surface area contributed by atoms with Gasteiger partial charge in [-0.05, 0) is 37.1 Å². The summed E-state index contributed by atoms with van der Waals surface area (Å²) in [4.78, 5) is 12.8. The molecule has 0 fully saturated rings. The Balaban J connectivity index is 1.84. The van der Waals surface area contributed by atoms with Crippen LogP contribution in [0.1, 0.15) is 22.9 Å². The van der Waals surface area contributed by atoms with Crippen LogP contribution in [0.5, 0.6) is 5.75 Å². The molecule has 7 heteroatoms. The van der Waals surface area contributed by atoms with Crippen molar-refractivity contribution in [2.75, 3.05) is 12.4 Å². The van der Waals surface area contributed by atoms with Crippen molar-refractivity contribution in [1.82, 2.24) is 20.6 Å². The summed E-state index contributed by atoms with van der Waals surface area (Å²) in [5, 5.41) is 16.9. The van der Waals surface area contributed by atoms with Crippen LogP contribution in [0, 0.1) is 6.92 Å².